The molecule has 0 saturated carbocycles. The second-order valence-corrected chi connectivity index (χ2v) is 7.05. The molecule has 0 atom stereocenters. The van der Waals surface area contributed by atoms with Gasteiger partial charge in [0.2, 0.25) is 0 Å². The minimum Gasteiger partial charge on any atom is -0.493 e. The normalized spacial score (nSPS) is 11.9. The number of benzene rings is 2. The predicted octanol–water partition coefficient (Wildman–Crippen LogP) is 3.10. The van der Waals surface area contributed by atoms with Crippen molar-refractivity contribution in [3.63, 3.8) is 0 Å². The molecule has 7 heteroatoms. The monoisotopic (exact) mass is 362 g/mol. The molecule has 134 valence electrons. The second kappa shape index (κ2) is 8.02. The molecule has 0 radical (unpaired) electrons. The summed E-state index contributed by atoms with van der Waals surface area (Å²) in [5.41, 5.74) is 2.34. The number of nitrogens with zero attached hydrogens (tertiary/aromatic N) is 1. The fourth-order valence-electron chi connectivity index (χ4n) is 2.25. The van der Waals surface area contributed by atoms with Gasteiger partial charge in [0, 0.05) is 5.56 Å². The van der Waals surface area contributed by atoms with Gasteiger partial charge < -0.3 is 9.47 Å². The summed E-state index contributed by atoms with van der Waals surface area (Å²) in [6.07, 6.45) is 0.548. The molecule has 0 heterocycles. The molecule has 0 unspecified atom stereocenters. The Labute approximate surface area is 148 Å². The van der Waals surface area contributed by atoms with Crippen LogP contribution in [0.5, 0.6) is 11.5 Å². The smallest absolute Gasteiger partial charge is 0.276 e. The van der Waals surface area contributed by atoms with Crippen LogP contribution in [0.2, 0.25) is 0 Å². The fraction of sp³-hybridized carbons (Fsp3) is 0.278. The lowest BCUT2D eigenvalue weighted by atomic mass is 10.1. The summed E-state index contributed by atoms with van der Waals surface area (Å²) in [6, 6.07) is 11.9. The van der Waals surface area contributed by atoms with Crippen LogP contribution in [0.25, 0.3) is 0 Å². The molecule has 0 fully saturated rings. The molecule has 0 saturated heterocycles. The summed E-state index contributed by atoms with van der Waals surface area (Å²) in [6.45, 7) is 3.80. The maximum Gasteiger partial charge on any atom is 0.276 e. The zero-order chi connectivity index (χ0) is 18.4. The second-order valence-electron chi connectivity index (χ2n) is 5.39. The summed E-state index contributed by atoms with van der Waals surface area (Å²) in [5.74, 6) is 1.16. The number of ether oxygens (including phenoxy) is 2. The third-order valence-corrected chi connectivity index (χ3v) is 4.91. The maximum absolute atomic E-state index is 12.4. The molecule has 0 aliphatic carbocycles. The van der Waals surface area contributed by atoms with E-state index in [0.717, 1.165) is 11.1 Å². The van der Waals surface area contributed by atoms with Crippen LogP contribution in [0.15, 0.2) is 52.5 Å². The number of sulfonamides is 1. The molecule has 0 bridgehead atoms. The van der Waals surface area contributed by atoms with Crippen molar-refractivity contribution in [2.24, 2.45) is 5.10 Å². The van der Waals surface area contributed by atoms with Gasteiger partial charge in [-0.1, -0.05) is 24.6 Å². The van der Waals surface area contributed by atoms with Crippen LogP contribution in [0, 0.1) is 6.92 Å². The van der Waals surface area contributed by atoms with E-state index in [-0.39, 0.29) is 4.90 Å². The molecule has 0 aliphatic heterocycles. The van der Waals surface area contributed by atoms with E-state index < -0.39 is 10.0 Å². The number of hydrogen-bond acceptors (Lipinski definition) is 5. The topological polar surface area (TPSA) is 77.0 Å². The lowest BCUT2D eigenvalue weighted by Gasteiger charge is -2.11. The van der Waals surface area contributed by atoms with Crippen molar-refractivity contribution in [1.29, 1.82) is 0 Å². The van der Waals surface area contributed by atoms with Gasteiger partial charge >= 0.3 is 0 Å². The van der Waals surface area contributed by atoms with Crippen LogP contribution in [-0.4, -0.2) is 28.3 Å². The molecular formula is C18H22N2O4S. The lowest BCUT2D eigenvalue weighted by Crippen LogP contribution is -2.20. The number of methoxy groups -OCH3 is 2. The van der Waals surface area contributed by atoms with Gasteiger partial charge in [0.05, 0.1) is 24.8 Å². The van der Waals surface area contributed by atoms with Gasteiger partial charge in [0.25, 0.3) is 10.0 Å². The van der Waals surface area contributed by atoms with Gasteiger partial charge in [-0.2, -0.15) is 18.4 Å². The molecular weight excluding hydrogens is 340 g/mol. The first-order chi connectivity index (χ1) is 11.9. The number of nitrogens with one attached hydrogen (secondary N) is 1. The number of hydrazone groups is 1. The average Bonchev–Trinajstić information content (AvgIpc) is 2.62. The van der Waals surface area contributed by atoms with Crippen LogP contribution in [0.4, 0.5) is 0 Å². The lowest BCUT2D eigenvalue weighted by molar-refractivity contribution is 0.355. The fourth-order valence-corrected chi connectivity index (χ4v) is 3.08. The van der Waals surface area contributed by atoms with E-state index in [2.05, 4.69) is 9.93 Å². The Kier molecular flexibility index (Phi) is 6.03. The van der Waals surface area contributed by atoms with E-state index >= 15 is 0 Å². The van der Waals surface area contributed by atoms with E-state index in [0.29, 0.717) is 23.6 Å². The van der Waals surface area contributed by atoms with Crippen molar-refractivity contribution in [2.45, 2.75) is 25.2 Å². The third kappa shape index (κ3) is 4.51. The van der Waals surface area contributed by atoms with Gasteiger partial charge in [0.15, 0.2) is 11.5 Å². The van der Waals surface area contributed by atoms with Crippen LogP contribution in [-0.2, 0) is 10.0 Å². The Balaban J connectivity index is 2.30. The Bertz CT molecular complexity index is 859. The SMILES string of the molecule is CC/C(=N/NS(=O)(=O)c1ccc(C)cc1)c1ccc(OC)c(OC)c1. The van der Waals surface area contributed by atoms with Gasteiger partial charge in [-0.25, -0.2) is 0 Å². The number of aryl methyl sites for hydroxylation is 1. The quantitative estimate of drug-likeness (QED) is 0.606. The first kappa shape index (κ1) is 18.8. The van der Waals surface area contributed by atoms with E-state index in [1.54, 1.807) is 50.6 Å². The van der Waals surface area contributed by atoms with Crippen molar-refractivity contribution < 1.29 is 17.9 Å². The van der Waals surface area contributed by atoms with E-state index in [4.69, 9.17) is 9.47 Å². The number of hydrogen-bond donors (Lipinski definition) is 1. The standard InChI is InChI=1S/C18H22N2O4S/c1-5-16(14-8-11-17(23-3)18(12-14)24-4)19-20-25(21,22)15-9-6-13(2)7-10-15/h6-12,20H,5H2,1-4H3/b19-16-. The Morgan fingerprint density at radius 1 is 1.04 bits per heavy atom. The van der Waals surface area contributed by atoms with Crippen molar-refractivity contribution in [2.75, 3.05) is 14.2 Å². The average molecular weight is 362 g/mol. The minimum absolute atomic E-state index is 0.171. The van der Waals surface area contributed by atoms with Gasteiger partial charge in [-0.3, -0.25) is 0 Å². The number of rotatable bonds is 7. The van der Waals surface area contributed by atoms with Crippen molar-refractivity contribution in [3.05, 3.63) is 53.6 Å². The summed E-state index contributed by atoms with van der Waals surface area (Å²) in [4.78, 5) is 2.47. The van der Waals surface area contributed by atoms with E-state index in [1.807, 2.05) is 19.9 Å². The molecule has 0 aromatic heterocycles. The van der Waals surface area contributed by atoms with E-state index in [9.17, 15) is 8.42 Å². The van der Waals surface area contributed by atoms with Crippen LogP contribution < -0.4 is 14.3 Å². The van der Waals surface area contributed by atoms with Gasteiger partial charge in [-0.15, -0.1) is 0 Å². The first-order valence-corrected chi connectivity index (χ1v) is 9.27. The van der Waals surface area contributed by atoms with Crippen LogP contribution in [0.1, 0.15) is 24.5 Å². The molecule has 0 amide bonds. The van der Waals surface area contributed by atoms with Crippen molar-refractivity contribution >= 4 is 15.7 Å². The van der Waals surface area contributed by atoms with Gasteiger partial charge in [0.1, 0.15) is 0 Å². The molecule has 25 heavy (non-hydrogen) atoms. The Hall–Kier alpha value is -2.54. The first-order valence-electron chi connectivity index (χ1n) is 7.78. The van der Waals surface area contributed by atoms with Gasteiger partial charge in [-0.05, 0) is 43.7 Å². The maximum atomic E-state index is 12.4. The zero-order valence-electron chi connectivity index (χ0n) is 14.7. The highest BCUT2D eigenvalue weighted by Gasteiger charge is 2.14. The molecule has 2 rings (SSSR count). The third-order valence-electron chi connectivity index (χ3n) is 3.68. The van der Waals surface area contributed by atoms with Crippen molar-refractivity contribution in [3.8, 4) is 11.5 Å². The zero-order valence-corrected chi connectivity index (χ0v) is 15.6. The van der Waals surface area contributed by atoms with Crippen molar-refractivity contribution in [1.82, 2.24) is 4.83 Å². The van der Waals surface area contributed by atoms with Crippen LogP contribution in [0.3, 0.4) is 0 Å². The summed E-state index contributed by atoms with van der Waals surface area (Å²) < 4.78 is 35.2. The molecule has 6 nitrogen and oxygen atoms in total. The molecule has 2 aromatic rings. The largest absolute Gasteiger partial charge is 0.493 e. The van der Waals surface area contributed by atoms with E-state index in [1.165, 1.54) is 0 Å². The predicted molar refractivity (Wildman–Crippen MR) is 97.9 cm³/mol. The summed E-state index contributed by atoms with van der Waals surface area (Å²) in [7, 11) is -0.608. The van der Waals surface area contributed by atoms with Crippen LogP contribution >= 0.6 is 0 Å². The minimum atomic E-state index is -3.71. The summed E-state index contributed by atoms with van der Waals surface area (Å²) >= 11 is 0. The highest BCUT2D eigenvalue weighted by atomic mass is 32.2. The molecule has 1 N–H and O–H groups in total. The highest BCUT2D eigenvalue weighted by Crippen LogP contribution is 2.28. The Morgan fingerprint density at radius 3 is 2.24 bits per heavy atom. The molecule has 0 spiro atoms. The highest BCUT2D eigenvalue weighted by molar-refractivity contribution is 7.89. The summed E-state index contributed by atoms with van der Waals surface area (Å²) in [5, 5.41) is 4.10. The molecule has 2 aromatic carbocycles. The molecule has 0 aliphatic rings. The Morgan fingerprint density at radius 2 is 1.68 bits per heavy atom.